The van der Waals surface area contributed by atoms with Gasteiger partial charge in [0.2, 0.25) is 0 Å². The second-order valence-electron chi connectivity index (χ2n) is 6.36. The molecule has 2 atom stereocenters. The second kappa shape index (κ2) is 8.02. The van der Waals surface area contributed by atoms with Crippen LogP contribution in [0, 0.1) is 17.0 Å². The van der Waals surface area contributed by atoms with Crippen molar-refractivity contribution in [3.63, 3.8) is 0 Å². The lowest BCUT2D eigenvalue weighted by molar-refractivity contribution is -0.385. The van der Waals surface area contributed by atoms with Crippen LogP contribution in [0.25, 0.3) is 0 Å². The van der Waals surface area contributed by atoms with Gasteiger partial charge in [0.15, 0.2) is 0 Å². The Kier molecular flexibility index (Phi) is 6.61. The number of aromatic nitrogens is 1. The molecule has 24 heavy (non-hydrogen) atoms. The minimum atomic E-state index is -1.35. The van der Waals surface area contributed by atoms with Crippen LogP contribution in [0.15, 0.2) is 12.3 Å². The van der Waals surface area contributed by atoms with Crippen molar-refractivity contribution in [1.82, 2.24) is 10.3 Å². The van der Waals surface area contributed by atoms with E-state index in [0.717, 1.165) is 0 Å². The van der Waals surface area contributed by atoms with Crippen LogP contribution >= 0.6 is 0 Å². The Morgan fingerprint density at radius 1 is 1.46 bits per heavy atom. The largest absolute Gasteiger partial charge is 0.444 e. The van der Waals surface area contributed by atoms with Gasteiger partial charge < -0.3 is 20.3 Å². The van der Waals surface area contributed by atoms with Gasteiger partial charge in [-0.1, -0.05) is 0 Å². The maximum Gasteiger partial charge on any atom is 0.407 e. The molecule has 2 unspecified atom stereocenters. The average molecular weight is 341 g/mol. The Hall–Kier alpha value is -2.26. The number of hydrogen-bond acceptors (Lipinski definition) is 7. The topological polar surface area (TPSA) is 135 Å². The zero-order valence-electron chi connectivity index (χ0n) is 14.1. The number of carbonyl (C=O) groups excluding carboxylic acids is 1. The number of amides is 1. The first kappa shape index (κ1) is 19.8. The van der Waals surface area contributed by atoms with Crippen LogP contribution in [-0.4, -0.2) is 44.5 Å². The Labute approximate surface area is 139 Å². The van der Waals surface area contributed by atoms with Gasteiger partial charge in [0.25, 0.3) is 5.69 Å². The highest BCUT2D eigenvalue weighted by atomic mass is 16.6. The maximum atomic E-state index is 11.5. The van der Waals surface area contributed by atoms with Crippen LogP contribution in [-0.2, 0) is 4.74 Å². The highest BCUT2D eigenvalue weighted by molar-refractivity contribution is 5.67. The van der Waals surface area contributed by atoms with E-state index < -0.39 is 28.8 Å². The van der Waals surface area contributed by atoms with Gasteiger partial charge in [-0.25, -0.2) is 4.79 Å². The van der Waals surface area contributed by atoms with E-state index in [2.05, 4.69) is 10.3 Å². The zero-order valence-corrected chi connectivity index (χ0v) is 14.1. The summed E-state index contributed by atoms with van der Waals surface area (Å²) >= 11 is 0. The van der Waals surface area contributed by atoms with Crippen molar-refractivity contribution in [1.29, 1.82) is 0 Å². The second-order valence-corrected chi connectivity index (χ2v) is 6.36. The third kappa shape index (κ3) is 6.09. The van der Waals surface area contributed by atoms with Gasteiger partial charge in [-0.15, -0.1) is 0 Å². The number of alkyl carbamates (subject to hydrolysis) is 1. The third-order valence-electron chi connectivity index (χ3n) is 3.09. The standard InChI is InChI=1S/C15H23N3O6/c1-9-11(18(22)23)7-10(8-17-9)13(20)12(19)5-6-16-14(21)24-15(2,3)4/h7-8,12-13,19-20H,5-6H2,1-4H3,(H,16,21). The molecular weight excluding hydrogens is 318 g/mol. The number of aliphatic hydroxyl groups is 2. The molecule has 0 aromatic carbocycles. The molecule has 0 radical (unpaired) electrons. The number of aliphatic hydroxyl groups excluding tert-OH is 2. The van der Waals surface area contributed by atoms with Gasteiger partial charge in [0, 0.05) is 24.4 Å². The van der Waals surface area contributed by atoms with Crippen LogP contribution in [0.1, 0.15) is 44.6 Å². The van der Waals surface area contributed by atoms with Crippen molar-refractivity contribution in [2.75, 3.05) is 6.54 Å². The predicted octanol–water partition coefficient (Wildman–Crippen LogP) is 1.61. The molecule has 0 saturated carbocycles. The fourth-order valence-corrected chi connectivity index (χ4v) is 1.90. The fourth-order valence-electron chi connectivity index (χ4n) is 1.90. The molecule has 0 bridgehead atoms. The van der Waals surface area contributed by atoms with E-state index in [4.69, 9.17) is 4.74 Å². The van der Waals surface area contributed by atoms with E-state index >= 15 is 0 Å². The van der Waals surface area contributed by atoms with Crippen molar-refractivity contribution in [2.45, 2.75) is 51.9 Å². The summed E-state index contributed by atoms with van der Waals surface area (Å²) in [7, 11) is 0. The monoisotopic (exact) mass is 341 g/mol. The van der Waals surface area contributed by atoms with E-state index in [9.17, 15) is 25.1 Å². The number of rotatable bonds is 6. The molecule has 1 rings (SSSR count). The van der Waals surface area contributed by atoms with E-state index in [1.165, 1.54) is 19.2 Å². The Morgan fingerprint density at radius 2 is 2.08 bits per heavy atom. The zero-order chi connectivity index (χ0) is 18.5. The summed E-state index contributed by atoms with van der Waals surface area (Å²) in [4.78, 5) is 25.6. The van der Waals surface area contributed by atoms with Crippen LogP contribution in [0.4, 0.5) is 10.5 Å². The number of pyridine rings is 1. The number of ether oxygens (including phenoxy) is 1. The highest BCUT2D eigenvalue weighted by Gasteiger charge is 2.23. The van der Waals surface area contributed by atoms with Crippen molar-refractivity contribution in [3.8, 4) is 0 Å². The molecule has 1 amide bonds. The molecule has 0 aliphatic rings. The minimum absolute atomic E-state index is 0.0437. The lowest BCUT2D eigenvalue weighted by Gasteiger charge is -2.21. The van der Waals surface area contributed by atoms with E-state index in [-0.39, 0.29) is 29.9 Å². The Morgan fingerprint density at radius 3 is 2.62 bits per heavy atom. The summed E-state index contributed by atoms with van der Waals surface area (Å²) in [6, 6.07) is 1.18. The molecule has 9 nitrogen and oxygen atoms in total. The summed E-state index contributed by atoms with van der Waals surface area (Å²) in [5.74, 6) is 0. The maximum absolute atomic E-state index is 11.5. The number of nitrogens with one attached hydrogen (secondary N) is 1. The molecule has 0 aliphatic heterocycles. The minimum Gasteiger partial charge on any atom is -0.444 e. The quantitative estimate of drug-likeness (QED) is 0.528. The number of aryl methyl sites for hydroxylation is 1. The normalized spacial score (nSPS) is 13.9. The molecule has 0 fully saturated rings. The predicted molar refractivity (Wildman–Crippen MR) is 85.4 cm³/mol. The lowest BCUT2D eigenvalue weighted by Crippen LogP contribution is -2.34. The summed E-state index contributed by atoms with van der Waals surface area (Å²) in [6.45, 7) is 6.73. The summed E-state index contributed by atoms with van der Waals surface area (Å²) in [5.41, 5.74) is -0.505. The van der Waals surface area contributed by atoms with Gasteiger partial charge in [0.1, 0.15) is 17.4 Å². The molecule has 3 N–H and O–H groups in total. The highest BCUT2D eigenvalue weighted by Crippen LogP contribution is 2.24. The summed E-state index contributed by atoms with van der Waals surface area (Å²) < 4.78 is 5.04. The Balaban J connectivity index is 2.59. The molecular formula is C15H23N3O6. The summed E-state index contributed by atoms with van der Waals surface area (Å²) in [6.07, 6.45) is -1.88. The molecule has 1 heterocycles. The van der Waals surface area contributed by atoms with Gasteiger partial charge in [-0.05, 0) is 34.1 Å². The summed E-state index contributed by atoms with van der Waals surface area (Å²) in [5, 5.41) is 33.4. The smallest absolute Gasteiger partial charge is 0.407 e. The van der Waals surface area contributed by atoms with Crippen LogP contribution in [0.2, 0.25) is 0 Å². The van der Waals surface area contributed by atoms with Crippen LogP contribution in [0.3, 0.4) is 0 Å². The number of nitro groups is 1. The van der Waals surface area contributed by atoms with Gasteiger partial charge in [0.05, 0.1) is 11.0 Å². The van der Waals surface area contributed by atoms with Crippen molar-refractivity contribution >= 4 is 11.8 Å². The molecule has 1 aromatic heterocycles. The van der Waals surface area contributed by atoms with Crippen LogP contribution in [0.5, 0.6) is 0 Å². The molecule has 0 spiro atoms. The van der Waals surface area contributed by atoms with Crippen molar-refractivity contribution < 1.29 is 24.7 Å². The lowest BCUT2D eigenvalue weighted by atomic mass is 10.0. The molecule has 134 valence electrons. The molecule has 0 saturated heterocycles. The first-order valence-electron chi connectivity index (χ1n) is 7.45. The fraction of sp³-hybridized carbons (Fsp3) is 0.600. The van der Waals surface area contributed by atoms with E-state index in [0.29, 0.717) is 0 Å². The van der Waals surface area contributed by atoms with Gasteiger partial charge in [-0.3, -0.25) is 15.1 Å². The number of nitrogens with zero attached hydrogens (tertiary/aromatic N) is 2. The Bertz CT molecular complexity index is 599. The number of hydrogen-bond donors (Lipinski definition) is 3. The van der Waals surface area contributed by atoms with Gasteiger partial charge in [-0.2, -0.15) is 0 Å². The molecule has 0 aliphatic carbocycles. The van der Waals surface area contributed by atoms with Crippen molar-refractivity contribution in [2.24, 2.45) is 0 Å². The van der Waals surface area contributed by atoms with E-state index in [1.54, 1.807) is 20.8 Å². The third-order valence-corrected chi connectivity index (χ3v) is 3.09. The van der Waals surface area contributed by atoms with Gasteiger partial charge >= 0.3 is 6.09 Å². The average Bonchev–Trinajstić information content (AvgIpc) is 2.44. The van der Waals surface area contributed by atoms with Crippen molar-refractivity contribution in [3.05, 3.63) is 33.6 Å². The van der Waals surface area contributed by atoms with Crippen LogP contribution < -0.4 is 5.32 Å². The molecule has 1 aromatic rings. The first-order valence-corrected chi connectivity index (χ1v) is 7.45. The van der Waals surface area contributed by atoms with E-state index in [1.807, 2.05) is 0 Å². The first-order chi connectivity index (χ1) is 11.0. The molecule has 9 heteroatoms. The number of carbonyl (C=O) groups is 1. The SMILES string of the molecule is Cc1ncc(C(O)C(O)CCNC(=O)OC(C)(C)C)cc1[N+](=O)[O-].